The summed E-state index contributed by atoms with van der Waals surface area (Å²) >= 11 is 0. The molecule has 1 amide bonds. The topological polar surface area (TPSA) is 57.7 Å². The maximum absolute atomic E-state index is 12.9. The summed E-state index contributed by atoms with van der Waals surface area (Å²) in [5.41, 5.74) is 1.53. The Morgan fingerprint density at radius 2 is 1.52 bits per heavy atom. The molecule has 0 unspecified atom stereocenters. The highest BCUT2D eigenvalue weighted by Crippen LogP contribution is 2.17. The lowest BCUT2D eigenvalue weighted by atomic mass is 10.1. The quantitative estimate of drug-likeness (QED) is 0.796. The lowest BCUT2D eigenvalue weighted by Gasteiger charge is -2.27. The zero-order valence-electron chi connectivity index (χ0n) is 15.0. The minimum Gasteiger partial charge on any atom is -0.332 e. The second-order valence-corrected chi connectivity index (χ2v) is 8.48. The monoisotopic (exact) mass is 360 g/mol. The second-order valence-electron chi connectivity index (χ2n) is 6.32. The zero-order valence-corrected chi connectivity index (χ0v) is 15.8. The fourth-order valence-electron chi connectivity index (χ4n) is 2.42. The first-order valence-corrected chi connectivity index (χ1v) is 9.55. The average Bonchev–Trinajstić information content (AvgIpc) is 2.59. The Balaban J connectivity index is 2.25. The van der Waals surface area contributed by atoms with Crippen LogP contribution in [0.2, 0.25) is 0 Å². The molecule has 2 aromatic rings. The molecule has 0 aromatic heterocycles. The first-order valence-electron chi connectivity index (χ1n) is 8.11. The van der Waals surface area contributed by atoms with Gasteiger partial charge >= 0.3 is 0 Å². The average molecular weight is 360 g/mol. The summed E-state index contributed by atoms with van der Waals surface area (Å²) < 4.78 is 25.4. The highest BCUT2D eigenvalue weighted by Gasteiger charge is 2.21. The molecule has 0 N–H and O–H groups in total. The molecule has 25 heavy (non-hydrogen) atoms. The molecule has 0 radical (unpaired) electrons. The van der Waals surface area contributed by atoms with Crippen LogP contribution in [-0.4, -0.2) is 43.7 Å². The number of benzene rings is 2. The number of nitrogens with zero attached hydrogens (tertiary/aromatic N) is 2. The normalized spacial score (nSPS) is 11.8. The number of carbonyl (C=O) groups excluding carboxylic acids is 1. The van der Waals surface area contributed by atoms with E-state index in [2.05, 4.69) is 0 Å². The van der Waals surface area contributed by atoms with Gasteiger partial charge in [-0.15, -0.1) is 0 Å². The van der Waals surface area contributed by atoms with Crippen molar-refractivity contribution in [3.8, 4) is 0 Å². The van der Waals surface area contributed by atoms with Crippen molar-refractivity contribution >= 4 is 15.9 Å². The van der Waals surface area contributed by atoms with E-state index < -0.39 is 10.0 Å². The molecule has 0 atom stereocenters. The molecule has 0 fully saturated rings. The lowest BCUT2D eigenvalue weighted by molar-refractivity contribution is 0.0690. The van der Waals surface area contributed by atoms with Gasteiger partial charge in [-0.3, -0.25) is 4.79 Å². The van der Waals surface area contributed by atoms with E-state index in [0.29, 0.717) is 12.1 Å². The molecule has 0 saturated heterocycles. The molecule has 0 saturated carbocycles. The van der Waals surface area contributed by atoms with Gasteiger partial charge in [-0.1, -0.05) is 30.3 Å². The number of amides is 1. The van der Waals surface area contributed by atoms with Gasteiger partial charge < -0.3 is 4.90 Å². The summed E-state index contributed by atoms with van der Waals surface area (Å²) in [6.45, 7) is 4.44. The minimum absolute atomic E-state index is 0.0258. The molecular formula is C19H24N2O3S. The standard InChI is InChI=1S/C19H24N2O3S/c1-15(2)21(14-16-8-6-5-7-9-16)19(22)17-10-12-18(13-11-17)25(23,24)20(3)4/h5-13,15H,14H2,1-4H3. The highest BCUT2D eigenvalue weighted by molar-refractivity contribution is 7.89. The third kappa shape index (κ3) is 4.46. The maximum Gasteiger partial charge on any atom is 0.254 e. The molecular weight excluding hydrogens is 336 g/mol. The molecule has 0 aliphatic carbocycles. The molecule has 0 heterocycles. The highest BCUT2D eigenvalue weighted by atomic mass is 32.2. The first-order chi connectivity index (χ1) is 11.7. The Morgan fingerprint density at radius 1 is 0.960 bits per heavy atom. The van der Waals surface area contributed by atoms with E-state index in [1.54, 1.807) is 17.0 Å². The van der Waals surface area contributed by atoms with Crippen molar-refractivity contribution in [1.29, 1.82) is 0 Å². The third-order valence-corrected chi connectivity index (χ3v) is 5.79. The van der Waals surface area contributed by atoms with Crippen LogP contribution in [0.5, 0.6) is 0 Å². The van der Waals surface area contributed by atoms with Crippen LogP contribution in [0.1, 0.15) is 29.8 Å². The van der Waals surface area contributed by atoms with Gasteiger partial charge in [0.25, 0.3) is 5.91 Å². The van der Waals surface area contributed by atoms with E-state index in [4.69, 9.17) is 0 Å². The van der Waals surface area contributed by atoms with Crippen LogP contribution in [0, 0.1) is 0 Å². The molecule has 2 aromatic carbocycles. The van der Waals surface area contributed by atoms with Crippen LogP contribution < -0.4 is 0 Å². The van der Waals surface area contributed by atoms with Gasteiger partial charge in [-0.05, 0) is 43.7 Å². The number of hydrogen-bond acceptors (Lipinski definition) is 3. The van der Waals surface area contributed by atoms with Crippen molar-refractivity contribution in [3.05, 3.63) is 65.7 Å². The van der Waals surface area contributed by atoms with E-state index in [0.717, 1.165) is 9.87 Å². The van der Waals surface area contributed by atoms with Crippen LogP contribution >= 0.6 is 0 Å². The van der Waals surface area contributed by atoms with Gasteiger partial charge in [0.2, 0.25) is 10.0 Å². The Kier molecular flexibility index (Phi) is 5.98. The summed E-state index contributed by atoms with van der Waals surface area (Å²) in [5.74, 6) is -0.118. The summed E-state index contributed by atoms with van der Waals surface area (Å²) in [6.07, 6.45) is 0. The van der Waals surface area contributed by atoms with Gasteiger partial charge in [0.05, 0.1) is 4.90 Å². The van der Waals surface area contributed by atoms with Gasteiger partial charge in [-0.25, -0.2) is 12.7 Å². The molecule has 0 bridgehead atoms. The van der Waals surface area contributed by atoms with Crippen molar-refractivity contribution in [2.45, 2.75) is 31.3 Å². The fraction of sp³-hybridized carbons (Fsp3) is 0.316. The summed E-state index contributed by atoms with van der Waals surface area (Å²) in [4.78, 5) is 14.8. The van der Waals surface area contributed by atoms with Crippen molar-refractivity contribution < 1.29 is 13.2 Å². The molecule has 0 spiro atoms. The number of sulfonamides is 1. The SMILES string of the molecule is CC(C)N(Cc1ccccc1)C(=O)c1ccc(S(=O)(=O)N(C)C)cc1. The molecule has 6 heteroatoms. The largest absolute Gasteiger partial charge is 0.332 e. The predicted molar refractivity (Wildman–Crippen MR) is 98.8 cm³/mol. The van der Waals surface area contributed by atoms with Gasteiger partial charge in [0.1, 0.15) is 0 Å². The van der Waals surface area contributed by atoms with Crippen molar-refractivity contribution in [2.24, 2.45) is 0 Å². The van der Waals surface area contributed by atoms with E-state index in [-0.39, 0.29) is 16.8 Å². The molecule has 5 nitrogen and oxygen atoms in total. The summed E-state index contributed by atoms with van der Waals surface area (Å²) in [5, 5.41) is 0. The summed E-state index contributed by atoms with van der Waals surface area (Å²) in [7, 11) is -0.534. The maximum atomic E-state index is 12.9. The van der Waals surface area contributed by atoms with Crippen LogP contribution in [0.25, 0.3) is 0 Å². The lowest BCUT2D eigenvalue weighted by Crippen LogP contribution is -2.36. The van der Waals surface area contributed by atoms with E-state index >= 15 is 0 Å². The Hall–Kier alpha value is -2.18. The molecule has 0 aliphatic heterocycles. The van der Waals surface area contributed by atoms with Crippen LogP contribution in [-0.2, 0) is 16.6 Å². The number of hydrogen-bond donors (Lipinski definition) is 0. The van der Waals surface area contributed by atoms with Gasteiger partial charge in [0, 0.05) is 32.2 Å². The smallest absolute Gasteiger partial charge is 0.254 e. The Morgan fingerprint density at radius 3 is 2.00 bits per heavy atom. The van der Waals surface area contributed by atoms with Gasteiger partial charge in [0.15, 0.2) is 0 Å². The van der Waals surface area contributed by atoms with Crippen LogP contribution in [0.15, 0.2) is 59.5 Å². The zero-order chi connectivity index (χ0) is 18.6. The number of carbonyl (C=O) groups is 1. The fourth-order valence-corrected chi connectivity index (χ4v) is 3.32. The van der Waals surface area contributed by atoms with E-state index in [9.17, 15) is 13.2 Å². The van der Waals surface area contributed by atoms with Gasteiger partial charge in [-0.2, -0.15) is 0 Å². The summed E-state index contributed by atoms with van der Waals surface area (Å²) in [6, 6.07) is 15.9. The Labute approximate surface area is 149 Å². The molecule has 134 valence electrons. The van der Waals surface area contributed by atoms with E-state index in [1.165, 1.54) is 26.2 Å². The van der Waals surface area contributed by atoms with E-state index in [1.807, 2.05) is 44.2 Å². The minimum atomic E-state index is -3.50. The van der Waals surface area contributed by atoms with Crippen molar-refractivity contribution in [1.82, 2.24) is 9.21 Å². The van der Waals surface area contributed by atoms with Crippen LogP contribution in [0.4, 0.5) is 0 Å². The van der Waals surface area contributed by atoms with Crippen molar-refractivity contribution in [3.63, 3.8) is 0 Å². The first kappa shape index (κ1) is 19.1. The third-order valence-electron chi connectivity index (χ3n) is 3.96. The predicted octanol–water partition coefficient (Wildman–Crippen LogP) is 2.99. The number of rotatable bonds is 6. The molecule has 0 aliphatic rings. The van der Waals surface area contributed by atoms with Crippen LogP contribution in [0.3, 0.4) is 0 Å². The second kappa shape index (κ2) is 7.80. The van der Waals surface area contributed by atoms with Crippen molar-refractivity contribution in [2.75, 3.05) is 14.1 Å². The molecule has 2 rings (SSSR count). The Bertz CT molecular complexity index is 814.